The number of rotatable bonds is 5. The molecule has 0 aliphatic rings. The molecule has 4 N–H and O–H groups in total. The average Bonchev–Trinajstić information content (AvgIpc) is 2.28. The van der Waals surface area contributed by atoms with Gasteiger partial charge in [0, 0.05) is 6.04 Å². The number of aryl methyl sites for hydroxylation is 1. The minimum atomic E-state index is -0.0844. The first-order valence-electron chi connectivity index (χ1n) is 5.96. The number of hydrazine groups is 1. The third kappa shape index (κ3) is 3.75. The highest BCUT2D eigenvalue weighted by atomic mass is 16.1. The summed E-state index contributed by atoms with van der Waals surface area (Å²) in [7, 11) is 0. The predicted octanol–water partition coefficient (Wildman–Crippen LogP) is 2.20. The molecule has 0 aromatic heterocycles. The molecule has 1 aromatic carbocycles. The molecule has 0 aliphatic carbocycles. The van der Waals surface area contributed by atoms with Crippen molar-refractivity contribution in [3.8, 4) is 0 Å². The Balaban J connectivity index is 2.81. The lowest BCUT2D eigenvalue weighted by Crippen LogP contribution is -2.33. The minimum absolute atomic E-state index is 0.0844. The standard InChI is InChI=1S/C13H21N3O/c1-4-5-10(3)15-13(17)11-7-6-9(2)8-12(11)16-14/h6-8,10,16H,4-5,14H2,1-3H3,(H,15,17). The molecule has 1 unspecified atom stereocenters. The SMILES string of the molecule is CCCC(C)NC(=O)c1ccc(C)cc1NN. The van der Waals surface area contributed by atoms with E-state index in [1.165, 1.54) is 0 Å². The fraction of sp³-hybridized carbons (Fsp3) is 0.462. The predicted molar refractivity (Wildman–Crippen MR) is 70.8 cm³/mol. The minimum Gasteiger partial charge on any atom is -0.350 e. The van der Waals surface area contributed by atoms with Crippen LogP contribution in [0.5, 0.6) is 0 Å². The Kier molecular flexibility index (Phi) is 4.97. The van der Waals surface area contributed by atoms with Crippen LogP contribution in [0.4, 0.5) is 5.69 Å². The molecule has 0 saturated carbocycles. The van der Waals surface area contributed by atoms with Gasteiger partial charge >= 0.3 is 0 Å². The van der Waals surface area contributed by atoms with Gasteiger partial charge in [-0.2, -0.15) is 0 Å². The summed E-state index contributed by atoms with van der Waals surface area (Å²) in [6.07, 6.45) is 2.03. The van der Waals surface area contributed by atoms with Crippen LogP contribution in [0.2, 0.25) is 0 Å². The van der Waals surface area contributed by atoms with Crippen molar-refractivity contribution in [2.45, 2.75) is 39.7 Å². The van der Waals surface area contributed by atoms with E-state index >= 15 is 0 Å². The Bertz CT molecular complexity index is 390. The first-order chi connectivity index (χ1) is 8.08. The van der Waals surface area contributed by atoms with Crippen LogP contribution in [0.25, 0.3) is 0 Å². The van der Waals surface area contributed by atoms with Crippen molar-refractivity contribution in [2.75, 3.05) is 5.43 Å². The Hall–Kier alpha value is -1.55. The van der Waals surface area contributed by atoms with Gasteiger partial charge in [0.25, 0.3) is 5.91 Å². The summed E-state index contributed by atoms with van der Waals surface area (Å²) >= 11 is 0. The Morgan fingerprint density at radius 1 is 1.47 bits per heavy atom. The maximum atomic E-state index is 12.0. The molecule has 4 heteroatoms. The molecule has 1 rings (SSSR count). The number of anilines is 1. The molecule has 0 saturated heterocycles. The number of nitrogens with one attached hydrogen (secondary N) is 2. The Morgan fingerprint density at radius 3 is 2.76 bits per heavy atom. The van der Waals surface area contributed by atoms with Crippen LogP contribution in [0.3, 0.4) is 0 Å². The van der Waals surface area contributed by atoms with Gasteiger partial charge in [-0.25, -0.2) is 0 Å². The van der Waals surface area contributed by atoms with E-state index in [2.05, 4.69) is 17.7 Å². The monoisotopic (exact) mass is 235 g/mol. The Morgan fingerprint density at radius 2 is 2.18 bits per heavy atom. The fourth-order valence-corrected chi connectivity index (χ4v) is 1.78. The molecule has 94 valence electrons. The van der Waals surface area contributed by atoms with Gasteiger partial charge in [0.2, 0.25) is 0 Å². The molecule has 0 aliphatic heterocycles. The van der Waals surface area contributed by atoms with Crippen molar-refractivity contribution in [2.24, 2.45) is 5.84 Å². The molecule has 1 aromatic rings. The van der Waals surface area contributed by atoms with Gasteiger partial charge in [-0.1, -0.05) is 19.4 Å². The summed E-state index contributed by atoms with van der Waals surface area (Å²) < 4.78 is 0. The second-order valence-corrected chi connectivity index (χ2v) is 4.36. The van der Waals surface area contributed by atoms with Crippen molar-refractivity contribution in [3.05, 3.63) is 29.3 Å². The highest BCUT2D eigenvalue weighted by Crippen LogP contribution is 2.16. The summed E-state index contributed by atoms with van der Waals surface area (Å²) in [5, 5.41) is 2.96. The third-order valence-electron chi connectivity index (χ3n) is 2.67. The van der Waals surface area contributed by atoms with Gasteiger partial charge < -0.3 is 10.7 Å². The van der Waals surface area contributed by atoms with Gasteiger partial charge in [0.05, 0.1) is 11.3 Å². The van der Waals surface area contributed by atoms with E-state index in [0.29, 0.717) is 11.3 Å². The van der Waals surface area contributed by atoms with E-state index in [0.717, 1.165) is 18.4 Å². The van der Waals surface area contributed by atoms with E-state index in [9.17, 15) is 4.79 Å². The quantitative estimate of drug-likeness (QED) is 0.541. The first kappa shape index (κ1) is 13.5. The fourth-order valence-electron chi connectivity index (χ4n) is 1.78. The summed E-state index contributed by atoms with van der Waals surface area (Å²) in [4.78, 5) is 12.0. The zero-order valence-corrected chi connectivity index (χ0v) is 10.7. The molecular weight excluding hydrogens is 214 g/mol. The van der Waals surface area contributed by atoms with Crippen molar-refractivity contribution in [1.82, 2.24) is 5.32 Å². The van der Waals surface area contributed by atoms with Gasteiger partial charge in [-0.3, -0.25) is 10.6 Å². The van der Waals surface area contributed by atoms with Crippen LogP contribution < -0.4 is 16.6 Å². The number of carbonyl (C=O) groups excluding carboxylic acids is 1. The van der Waals surface area contributed by atoms with Crippen molar-refractivity contribution >= 4 is 11.6 Å². The van der Waals surface area contributed by atoms with Crippen LogP contribution >= 0.6 is 0 Å². The van der Waals surface area contributed by atoms with Crippen molar-refractivity contribution in [3.63, 3.8) is 0 Å². The third-order valence-corrected chi connectivity index (χ3v) is 2.67. The lowest BCUT2D eigenvalue weighted by molar-refractivity contribution is 0.0939. The molecule has 0 fully saturated rings. The highest BCUT2D eigenvalue weighted by molar-refractivity contribution is 5.99. The van der Waals surface area contributed by atoms with Crippen LogP contribution in [-0.4, -0.2) is 11.9 Å². The van der Waals surface area contributed by atoms with E-state index in [-0.39, 0.29) is 11.9 Å². The normalized spacial score (nSPS) is 12.0. The van der Waals surface area contributed by atoms with Gasteiger partial charge in [0.1, 0.15) is 0 Å². The van der Waals surface area contributed by atoms with Gasteiger partial charge in [0.15, 0.2) is 0 Å². The number of carbonyl (C=O) groups is 1. The van der Waals surface area contributed by atoms with Crippen LogP contribution in [-0.2, 0) is 0 Å². The van der Waals surface area contributed by atoms with Gasteiger partial charge in [-0.15, -0.1) is 0 Å². The zero-order chi connectivity index (χ0) is 12.8. The summed E-state index contributed by atoms with van der Waals surface area (Å²) in [5.41, 5.74) is 4.87. The zero-order valence-electron chi connectivity index (χ0n) is 10.7. The van der Waals surface area contributed by atoms with Crippen LogP contribution in [0.1, 0.15) is 42.6 Å². The number of hydrogen-bond donors (Lipinski definition) is 3. The number of benzene rings is 1. The molecular formula is C13H21N3O. The molecule has 17 heavy (non-hydrogen) atoms. The number of hydrogen-bond acceptors (Lipinski definition) is 3. The van der Waals surface area contributed by atoms with Crippen molar-refractivity contribution in [1.29, 1.82) is 0 Å². The Labute approximate surface area is 103 Å². The van der Waals surface area contributed by atoms with Gasteiger partial charge in [-0.05, 0) is 38.0 Å². The molecule has 0 bridgehead atoms. The van der Waals surface area contributed by atoms with E-state index in [1.807, 2.05) is 26.0 Å². The molecule has 1 atom stereocenters. The lowest BCUT2D eigenvalue weighted by atomic mass is 10.1. The first-order valence-corrected chi connectivity index (χ1v) is 5.96. The summed E-state index contributed by atoms with van der Waals surface area (Å²) in [6.45, 7) is 6.06. The highest BCUT2D eigenvalue weighted by Gasteiger charge is 2.12. The van der Waals surface area contributed by atoms with Crippen LogP contribution in [0, 0.1) is 6.92 Å². The smallest absolute Gasteiger partial charge is 0.253 e. The van der Waals surface area contributed by atoms with Crippen LogP contribution in [0.15, 0.2) is 18.2 Å². The second-order valence-electron chi connectivity index (χ2n) is 4.36. The van der Waals surface area contributed by atoms with Crippen molar-refractivity contribution < 1.29 is 4.79 Å². The molecule has 0 radical (unpaired) electrons. The summed E-state index contributed by atoms with van der Waals surface area (Å²) in [5.74, 6) is 5.33. The molecule has 0 spiro atoms. The molecule has 1 amide bonds. The van der Waals surface area contributed by atoms with E-state index in [1.54, 1.807) is 6.07 Å². The molecule has 0 heterocycles. The number of nitrogens with two attached hydrogens (primary N) is 1. The largest absolute Gasteiger partial charge is 0.350 e. The number of nitrogen functional groups attached to an aromatic ring is 1. The average molecular weight is 235 g/mol. The maximum absolute atomic E-state index is 12.0. The van der Waals surface area contributed by atoms with E-state index < -0.39 is 0 Å². The maximum Gasteiger partial charge on any atom is 0.253 e. The molecule has 4 nitrogen and oxygen atoms in total. The topological polar surface area (TPSA) is 67.2 Å². The number of amides is 1. The second kappa shape index (κ2) is 6.25. The van der Waals surface area contributed by atoms with E-state index in [4.69, 9.17) is 5.84 Å². The summed E-state index contributed by atoms with van der Waals surface area (Å²) in [6, 6.07) is 5.73. The lowest BCUT2D eigenvalue weighted by Gasteiger charge is -2.15.